The van der Waals surface area contributed by atoms with Crippen LogP contribution in [0.5, 0.6) is 0 Å². The Hall–Kier alpha value is -2.79. The molecule has 3 aromatic rings. The minimum absolute atomic E-state index is 0.0171. The molecule has 1 heterocycles. The Morgan fingerprint density at radius 3 is 2.19 bits per heavy atom. The van der Waals surface area contributed by atoms with E-state index in [0.29, 0.717) is 11.1 Å². The molecule has 3 aromatic carbocycles. The predicted molar refractivity (Wildman–Crippen MR) is 101 cm³/mol. The van der Waals surface area contributed by atoms with Crippen molar-refractivity contribution in [1.82, 2.24) is 0 Å². The van der Waals surface area contributed by atoms with E-state index >= 15 is 0 Å². The zero-order valence-electron chi connectivity index (χ0n) is 14.9. The van der Waals surface area contributed by atoms with Crippen LogP contribution < -0.4 is 0 Å². The summed E-state index contributed by atoms with van der Waals surface area (Å²) in [6.45, 7) is 1.97. The summed E-state index contributed by atoms with van der Waals surface area (Å²) >= 11 is 0. The van der Waals surface area contributed by atoms with Gasteiger partial charge in [-0.2, -0.15) is 4.89 Å². The average Bonchev–Trinajstić information content (AvgIpc) is 3.24. The summed E-state index contributed by atoms with van der Waals surface area (Å²) in [6.07, 6.45) is -1.17. The van der Waals surface area contributed by atoms with E-state index in [9.17, 15) is 4.79 Å². The highest BCUT2D eigenvalue weighted by atomic mass is 17.3. The average molecular weight is 360 g/mol. The van der Waals surface area contributed by atoms with Gasteiger partial charge in [-0.05, 0) is 5.56 Å². The first-order chi connectivity index (χ1) is 13.2. The molecule has 1 fully saturated rings. The lowest BCUT2D eigenvalue weighted by Gasteiger charge is -2.19. The summed E-state index contributed by atoms with van der Waals surface area (Å²) in [6, 6.07) is 26.4. The lowest BCUT2D eigenvalue weighted by atomic mass is 9.91. The van der Waals surface area contributed by atoms with Gasteiger partial charge in [0.2, 0.25) is 12.6 Å². The van der Waals surface area contributed by atoms with Crippen LogP contribution in [0.2, 0.25) is 0 Å². The predicted octanol–water partition coefficient (Wildman–Crippen LogP) is 5.02. The van der Waals surface area contributed by atoms with Crippen molar-refractivity contribution in [2.24, 2.45) is 0 Å². The van der Waals surface area contributed by atoms with E-state index in [2.05, 4.69) is 0 Å². The van der Waals surface area contributed by atoms with Crippen molar-refractivity contribution in [2.75, 3.05) is 0 Å². The van der Waals surface area contributed by atoms with Gasteiger partial charge < -0.3 is 4.74 Å². The van der Waals surface area contributed by atoms with E-state index in [1.54, 1.807) is 0 Å². The largest absolute Gasteiger partial charge is 0.313 e. The quantitative estimate of drug-likeness (QED) is 0.473. The van der Waals surface area contributed by atoms with Gasteiger partial charge in [-0.15, -0.1) is 0 Å². The van der Waals surface area contributed by atoms with Gasteiger partial charge in [0.1, 0.15) is 0 Å². The third kappa shape index (κ3) is 3.69. The van der Waals surface area contributed by atoms with Gasteiger partial charge in [0.05, 0.1) is 0 Å². The van der Waals surface area contributed by atoms with Crippen molar-refractivity contribution in [3.05, 3.63) is 107 Å². The molecule has 0 N–H and O–H groups in total. The molecule has 1 aliphatic rings. The molecule has 27 heavy (non-hydrogen) atoms. The van der Waals surface area contributed by atoms with Gasteiger partial charge in [-0.1, -0.05) is 91.9 Å². The maximum absolute atomic E-state index is 13.0. The maximum atomic E-state index is 13.0. The lowest BCUT2D eigenvalue weighted by Crippen LogP contribution is -2.20. The molecular formula is C23H20O4. The van der Waals surface area contributed by atoms with Crippen molar-refractivity contribution in [3.63, 3.8) is 0 Å². The van der Waals surface area contributed by atoms with Crippen LogP contribution in [-0.4, -0.2) is 12.1 Å². The fourth-order valence-corrected chi connectivity index (χ4v) is 3.21. The van der Waals surface area contributed by atoms with E-state index < -0.39 is 12.6 Å². The van der Waals surface area contributed by atoms with Gasteiger partial charge in [0.15, 0.2) is 5.78 Å². The smallest absolute Gasteiger partial charge is 0.220 e. The molecule has 0 spiro atoms. The molecule has 0 amide bonds. The summed E-state index contributed by atoms with van der Waals surface area (Å²) in [5.74, 6) is -0.195. The molecule has 4 heteroatoms. The zero-order valence-corrected chi connectivity index (χ0v) is 14.9. The SMILES string of the molecule is CC(c1ccccc1C(=O)c1ccccc1)C1OOC(c2ccccc2)O1. The van der Waals surface area contributed by atoms with Gasteiger partial charge in [-0.3, -0.25) is 4.79 Å². The highest BCUT2D eigenvalue weighted by Crippen LogP contribution is 2.36. The number of ketones is 1. The fraction of sp³-hybridized carbons (Fsp3) is 0.174. The molecule has 1 aliphatic heterocycles. The van der Waals surface area contributed by atoms with Crippen LogP contribution in [0, 0.1) is 0 Å². The highest BCUT2D eigenvalue weighted by molar-refractivity contribution is 6.10. The topological polar surface area (TPSA) is 44.8 Å². The van der Waals surface area contributed by atoms with Crippen LogP contribution in [-0.2, 0) is 14.5 Å². The monoisotopic (exact) mass is 360 g/mol. The molecule has 1 saturated heterocycles. The highest BCUT2D eigenvalue weighted by Gasteiger charge is 2.35. The Labute approximate surface area is 158 Å². The minimum atomic E-state index is -0.597. The maximum Gasteiger partial charge on any atom is 0.220 e. The van der Waals surface area contributed by atoms with E-state index in [-0.39, 0.29) is 11.7 Å². The second kappa shape index (κ2) is 7.84. The van der Waals surface area contributed by atoms with Crippen LogP contribution in [0.4, 0.5) is 0 Å². The first-order valence-electron chi connectivity index (χ1n) is 8.95. The third-order valence-electron chi connectivity index (χ3n) is 4.71. The summed E-state index contributed by atoms with van der Waals surface area (Å²) in [7, 11) is 0. The van der Waals surface area contributed by atoms with Crippen LogP contribution in [0.1, 0.15) is 46.2 Å². The standard InChI is InChI=1S/C23H20O4/c1-16(22-25-23(27-26-22)18-12-6-3-7-13-18)19-14-8-9-15-20(19)21(24)17-10-4-2-5-11-17/h2-16,22-23H,1H3. The van der Waals surface area contributed by atoms with Crippen LogP contribution >= 0.6 is 0 Å². The zero-order chi connectivity index (χ0) is 18.6. The first kappa shape index (κ1) is 17.6. The normalized spacial score (nSPS) is 20.3. The van der Waals surface area contributed by atoms with E-state index in [1.807, 2.05) is 91.9 Å². The second-order valence-electron chi connectivity index (χ2n) is 6.51. The molecule has 4 nitrogen and oxygen atoms in total. The molecule has 136 valence electrons. The minimum Gasteiger partial charge on any atom is -0.313 e. The Bertz CT molecular complexity index is 908. The molecule has 3 atom stereocenters. The van der Waals surface area contributed by atoms with Gasteiger partial charge >= 0.3 is 0 Å². The summed E-state index contributed by atoms with van der Waals surface area (Å²) in [5, 5.41) is 0. The summed E-state index contributed by atoms with van der Waals surface area (Å²) in [5.41, 5.74) is 3.06. The fourth-order valence-electron chi connectivity index (χ4n) is 3.21. The van der Waals surface area contributed by atoms with E-state index in [1.165, 1.54) is 0 Å². The molecule has 0 aromatic heterocycles. The van der Waals surface area contributed by atoms with Crippen molar-refractivity contribution >= 4 is 5.78 Å². The Balaban J connectivity index is 1.56. The number of carbonyl (C=O) groups excluding carboxylic acids is 1. The van der Waals surface area contributed by atoms with Gasteiger partial charge in [0.25, 0.3) is 0 Å². The number of ether oxygens (including phenoxy) is 1. The Morgan fingerprint density at radius 1 is 0.815 bits per heavy atom. The van der Waals surface area contributed by atoms with E-state index in [4.69, 9.17) is 14.5 Å². The Kier molecular flexibility index (Phi) is 5.12. The number of benzene rings is 3. The number of rotatable bonds is 5. The van der Waals surface area contributed by atoms with Crippen molar-refractivity contribution in [1.29, 1.82) is 0 Å². The summed E-state index contributed by atoms with van der Waals surface area (Å²) < 4.78 is 5.95. The number of carbonyl (C=O) groups is 1. The molecule has 0 bridgehead atoms. The van der Waals surface area contributed by atoms with Crippen LogP contribution in [0.25, 0.3) is 0 Å². The Morgan fingerprint density at radius 2 is 1.44 bits per heavy atom. The molecular weight excluding hydrogens is 340 g/mol. The lowest BCUT2D eigenvalue weighted by molar-refractivity contribution is -0.301. The molecule has 3 unspecified atom stereocenters. The van der Waals surface area contributed by atoms with E-state index in [0.717, 1.165) is 11.1 Å². The van der Waals surface area contributed by atoms with Crippen molar-refractivity contribution in [3.8, 4) is 0 Å². The van der Waals surface area contributed by atoms with Gasteiger partial charge in [-0.25, -0.2) is 4.89 Å². The number of hydrogen-bond donors (Lipinski definition) is 0. The molecule has 0 aliphatic carbocycles. The third-order valence-corrected chi connectivity index (χ3v) is 4.71. The van der Waals surface area contributed by atoms with Crippen LogP contribution in [0.15, 0.2) is 84.9 Å². The number of hydrogen-bond acceptors (Lipinski definition) is 4. The molecule has 4 rings (SSSR count). The molecule has 0 saturated carbocycles. The van der Waals surface area contributed by atoms with Crippen molar-refractivity contribution < 1.29 is 19.3 Å². The first-order valence-corrected chi connectivity index (χ1v) is 8.95. The summed E-state index contributed by atoms with van der Waals surface area (Å²) in [4.78, 5) is 23.8. The van der Waals surface area contributed by atoms with Crippen molar-refractivity contribution in [2.45, 2.75) is 25.4 Å². The van der Waals surface area contributed by atoms with Gasteiger partial charge in [0, 0.05) is 22.6 Å². The second-order valence-corrected chi connectivity index (χ2v) is 6.51. The van der Waals surface area contributed by atoms with Crippen LogP contribution in [0.3, 0.4) is 0 Å². The molecule has 0 radical (unpaired) electrons.